The predicted octanol–water partition coefficient (Wildman–Crippen LogP) is 4.25. The van der Waals surface area contributed by atoms with Crippen molar-refractivity contribution in [3.63, 3.8) is 0 Å². The second kappa shape index (κ2) is 6.19. The maximum atomic E-state index is 11.6. The number of pyridine rings is 1. The van der Waals surface area contributed by atoms with E-state index in [1.807, 2.05) is 24.4 Å². The summed E-state index contributed by atoms with van der Waals surface area (Å²) >= 11 is 0. The Bertz CT molecular complexity index is 904. The molecule has 2 bridgehead atoms. The summed E-state index contributed by atoms with van der Waals surface area (Å²) < 4.78 is 0. The van der Waals surface area contributed by atoms with Crippen LogP contribution in [0.5, 0.6) is 0 Å². The molecule has 0 aliphatic carbocycles. The van der Waals surface area contributed by atoms with E-state index in [2.05, 4.69) is 52.3 Å². The molecule has 0 saturated carbocycles. The van der Waals surface area contributed by atoms with Crippen LogP contribution in [-0.4, -0.2) is 27.1 Å². The van der Waals surface area contributed by atoms with Crippen LogP contribution in [0.3, 0.4) is 0 Å². The first-order valence-corrected chi connectivity index (χ1v) is 9.59. The lowest BCUT2D eigenvalue weighted by molar-refractivity contribution is -0.0612. The van der Waals surface area contributed by atoms with Gasteiger partial charge in [-0.3, -0.25) is 9.88 Å². The third-order valence-electron chi connectivity index (χ3n) is 6.24. The summed E-state index contributed by atoms with van der Waals surface area (Å²) in [7, 11) is 0. The highest BCUT2D eigenvalue weighted by molar-refractivity contribution is 5.85. The summed E-state index contributed by atoms with van der Waals surface area (Å²) in [5, 5.41) is 13.9. The van der Waals surface area contributed by atoms with Crippen LogP contribution in [-0.2, 0) is 12.1 Å². The Balaban J connectivity index is 1.46. The Labute approximate surface area is 154 Å². The van der Waals surface area contributed by atoms with Gasteiger partial charge in [0.1, 0.15) is 5.60 Å². The molecule has 0 radical (unpaired) electrons. The number of benzene rings is 2. The van der Waals surface area contributed by atoms with Gasteiger partial charge in [0.15, 0.2) is 0 Å². The van der Waals surface area contributed by atoms with Crippen molar-refractivity contribution in [3.8, 4) is 0 Å². The van der Waals surface area contributed by atoms with Crippen molar-refractivity contribution in [2.24, 2.45) is 0 Å². The van der Waals surface area contributed by atoms with E-state index in [0.29, 0.717) is 12.1 Å². The minimum absolute atomic E-state index is 0.430. The Hall–Kier alpha value is -2.23. The molecule has 2 aliphatic rings. The van der Waals surface area contributed by atoms with E-state index in [0.717, 1.165) is 35.9 Å². The average Bonchev–Trinajstić information content (AvgIpc) is 2.92. The van der Waals surface area contributed by atoms with Crippen molar-refractivity contribution >= 4 is 10.8 Å². The Morgan fingerprint density at radius 2 is 1.62 bits per heavy atom. The van der Waals surface area contributed by atoms with E-state index in [4.69, 9.17) is 0 Å². The number of aliphatic hydroxyl groups is 1. The van der Waals surface area contributed by atoms with Gasteiger partial charge in [-0.1, -0.05) is 54.6 Å². The molecule has 2 aromatic carbocycles. The number of rotatable bonds is 3. The fourth-order valence-electron chi connectivity index (χ4n) is 5.05. The van der Waals surface area contributed by atoms with Gasteiger partial charge in [0.2, 0.25) is 0 Å². The number of nitrogens with zero attached hydrogens (tertiary/aromatic N) is 2. The Kier molecular flexibility index (Phi) is 3.80. The van der Waals surface area contributed by atoms with E-state index < -0.39 is 5.60 Å². The second-order valence-corrected chi connectivity index (χ2v) is 7.86. The van der Waals surface area contributed by atoms with Crippen molar-refractivity contribution in [2.75, 3.05) is 0 Å². The summed E-state index contributed by atoms with van der Waals surface area (Å²) in [5.41, 5.74) is 1.41. The number of piperidine rings is 1. The summed E-state index contributed by atoms with van der Waals surface area (Å²) in [6, 6.07) is 21.9. The standard InChI is InChI=1S/C23H24N2O/c26-23(22-21-9-5-4-8-18(21)12-13-24-22)14-19-10-11-20(15-23)25(19)16-17-6-2-1-3-7-17/h1-9,12-13,19-20,26H,10-11,14-16H2. The zero-order valence-corrected chi connectivity index (χ0v) is 14.9. The van der Waals surface area contributed by atoms with E-state index in [9.17, 15) is 5.11 Å². The topological polar surface area (TPSA) is 36.4 Å². The van der Waals surface area contributed by atoms with Crippen molar-refractivity contribution in [1.29, 1.82) is 0 Å². The number of hydrogen-bond acceptors (Lipinski definition) is 3. The molecule has 0 spiro atoms. The molecule has 26 heavy (non-hydrogen) atoms. The molecule has 2 atom stereocenters. The van der Waals surface area contributed by atoms with Gasteiger partial charge in [0.05, 0.1) is 5.69 Å². The lowest BCUT2D eigenvalue weighted by atomic mass is 9.81. The van der Waals surface area contributed by atoms with Crippen LogP contribution < -0.4 is 0 Å². The van der Waals surface area contributed by atoms with Crippen molar-refractivity contribution in [1.82, 2.24) is 9.88 Å². The fourth-order valence-corrected chi connectivity index (χ4v) is 5.05. The molecule has 2 fully saturated rings. The SMILES string of the molecule is OC1(c2nccc3ccccc23)CC2CCC(C1)N2Cc1ccccc1. The quantitative estimate of drug-likeness (QED) is 0.772. The smallest absolute Gasteiger partial charge is 0.110 e. The van der Waals surface area contributed by atoms with Gasteiger partial charge in [0, 0.05) is 30.2 Å². The molecule has 2 unspecified atom stereocenters. The predicted molar refractivity (Wildman–Crippen MR) is 104 cm³/mol. The maximum absolute atomic E-state index is 11.6. The molecule has 3 heterocycles. The van der Waals surface area contributed by atoms with Gasteiger partial charge in [-0.2, -0.15) is 0 Å². The minimum Gasteiger partial charge on any atom is -0.383 e. The molecule has 132 valence electrons. The van der Waals surface area contributed by atoms with E-state index >= 15 is 0 Å². The zero-order chi connectivity index (χ0) is 17.6. The largest absolute Gasteiger partial charge is 0.383 e. The normalized spacial score (nSPS) is 28.5. The lowest BCUT2D eigenvalue weighted by Crippen LogP contribution is -2.49. The van der Waals surface area contributed by atoms with E-state index in [1.165, 1.54) is 18.4 Å². The highest BCUT2D eigenvalue weighted by atomic mass is 16.3. The summed E-state index contributed by atoms with van der Waals surface area (Å²) in [5.74, 6) is 0. The second-order valence-electron chi connectivity index (χ2n) is 7.86. The minimum atomic E-state index is -0.820. The zero-order valence-electron chi connectivity index (χ0n) is 14.9. The van der Waals surface area contributed by atoms with Gasteiger partial charge in [-0.25, -0.2) is 0 Å². The molecular formula is C23H24N2O. The first-order valence-electron chi connectivity index (χ1n) is 9.59. The average molecular weight is 344 g/mol. The highest BCUT2D eigenvalue weighted by Crippen LogP contribution is 2.47. The van der Waals surface area contributed by atoms with Crippen LogP contribution in [0.1, 0.15) is 36.9 Å². The summed E-state index contributed by atoms with van der Waals surface area (Å²) in [4.78, 5) is 7.25. The molecule has 3 aromatic rings. The van der Waals surface area contributed by atoms with Crippen LogP contribution in [0.2, 0.25) is 0 Å². The molecule has 1 aromatic heterocycles. The Morgan fingerprint density at radius 3 is 2.38 bits per heavy atom. The van der Waals surface area contributed by atoms with Gasteiger partial charge >= 0.3 is 0 Å². The molecule has 2 aliphatic heterocycles. The van der Waals surface area contributed by atoms with Gasteiger partial charge in [0.25, 0.3) is 0 Å². The monoisotopic (exact) mass is 344 g/mol. The Morgan fingerprint density at radius 1 is 0.923 bits per heavy atom. The molecule has 3 heteroatoms. The highest BCUT2D eigenvalue weighted by Gasteiger charge is 2.49. The van der Waals surface area contributed by atoms with Crippen LogP contribution >= 0.6 is 0 Å². The van der Waals surface area contributed by atoms with Crippen LogP contribution in [0.25, 0.3) is 10.8 Å². The summed E-state index contributed by atoms with van der Waals surface area (Å²) in [6.45, 7) is 0.981. The molecule has 3 nitrogen and oxygen atoms in total. The number of fused-ring (bicyclic) bond motifs is 3. The number of hydrogen-bond donors (Lipinski definition) is 1. The number of aromatic nitrogens is 1. The van der Waals surface area contributed by atoms with Gasteiger partial charge in [-0.15, -0.1) is 0 Å². The third-order valence-corrected chi connectivity index (χ3v) is 6.24. The van der Waals surface area contributed by atoms with Gasteiger partial charge < -0.3 is 5.11 Å². The first-order chi connectivity index (χ1) is 12.7. The van der Waals surface area contributed by atoms with Crippen LogP contribution in [0.15, 0.2) is 66.9 Å². The molecule has 2 saturated heterocycles. The van der Waals surface area contributed by atoms with Crippen LogP contribution in [0.4, 0.5) is 0 Å². The fraction of sp³-hybridized carbons (Fsp3) is 0.348. The van der Waals surface area contributed by atoms with Crippen molar-refractivity contribution in [2.45, 2.75) is 49.9 Å². The molecule has 5 rings (SSSR count). The summed E-state index contributed by atoms with van der Waals surface area (Å²) in [6.07, 6.45) is 5.73. The first kappa shape index (κ1) is 16.0. The molecule has 0 amide bonds. The van der Waals surface area contributed by atoms with Gasteiger partial charge in [-0.05, 0) is 42.7 Å². The lowest BCUT2D eigenvalue weighted by Gasteiger charge is -2.44. The van der Waals surface area contributed by atoms with E-state index in [-0.39, 0.29) is 0 Å². The molecular weight excluding hydrogens is 320 g/mol. The van der Waals surface area contributed by atoms with Crippen molar-refractivity contribution < 1.29 is 5.11 Å². The molecule has 1 N–H and O–H groups in total. The van der Waals surface area contributed by atoms with Crippen molar-refractivity contribution in [3.05, 3.63) is 78.1 Å². The maximum Gasteiger partial charge on any atom is 0.110 e. The van der Waals surface area contributed by atoms with Crippen LogP contribution in [0, 0.1) is 0 Å². The third kappa shape index (κ3) is 2.63. The van der Waals surface area contributed by atoms with E-state index in [1.54, 1.807) is 0 Å².